The van der Waals surface area contributed by atoms with E-state index in [0.29, 0.717) is 25.7 Å². The largest absolute Gasteiger partial charge is 0.472 e. The van der Waals surface area contributed by atoms with Crippen LogP contribution in [0, 0.1) is 17.8 Å². The number of ether oxygens (including phenoxy) is 4. The van der Waals surface area contributed by atoms with E-state index < -0.39 is 97.5 Å². The molecule has 0 aromatic carbocycles. The van der Waals surface area contributed by atoms with Crippen molar-refractivity contribution >= 4 is 39.5 Å². The van der Waals surface area contributed by atoms with Gasteiger partial charge in [-0.05, 0) is 43.4 Å². The summed E-state index contributed by atoms with van der Waals surface area (Å²) in [5, 5.41) is 10.6. The molecule has 0 saturated heterocycles. The number of carbonyl (C=O) groups is 4. The van der Waals surface area contributed by atoms with Crippen LogP contribution in [-0.2, 0) is 65.4 Å². The third-order valence-corrected chi connectivity index (χ3v) is 21.9. The van der Waals surface area contributed by atoms with Gasteiger partial charge in [0.25, 0.3) is 0 Å². The van der Waals surface area contributed by atoms with Gasteiger partial charge in [0, 0.05) is 25.7 Å². The maximum Gasteiger partial charge on any atom is 0.472 e. The lowest BCUT2D eigenvalue weighted by molar-refractivity contribution is -0.161. The van der Waals surface area contributed by atoms with Crippen molar-refractivity contribution in [2.75, 3.05) is 39.6 Å². The van der Waals surface area contributed by atoms with Crippen LogP contribution in [0.2, 0.25) is 0 Å². The summed E-state index contributed by atoms with van der Waals surface area (Å²) in [6, 6.07) is 0. The molecule has 0 spiro atoms. The first kappa shape index (κ1) is 101. The lowest BCUT2D eigenvalue weighted by Gasteiger charge is -2.21. The average molecular weight is 1510 g/mol. The highest BCUT2D eigenvalue weighted by Gasteiger charge is 2.30. The molecule has 612 valence electrons. The smallest absolute Gasteiger partial charge is 0.462 e. The number of phosphoric ester groups is 2. The van der Waals surface area contributed by atoms with Gasteiger partial charge >= 0.3 is 39.5 Å². The van der Waals surface area contributed by atoms with Crippen LogP contribution in [0.5, 0.6) is 0 Å². The second-order valence-corrected chi connectivity index (χ2v) is 34.3. The first-order valence-corrected chi connectivity index (χ1v) is 46.4. The summed E-state index contributed by atoms with van der Waals surface area (Å²) < 4.78 is 68.6. The quantitative estimate of drug-likeness (QED) is 0.0222. The Morgan fingerprint density at radius 3 is 0.738 bits per heavy atom. The van der Waals surface area contributed by atoms with Crippen LogP contribution >= 0.6 is 15.6 Å². The SMILES string of the molecule is CCCCCCCC(=O)OC[C@H](COP(=O)(O)OC[C@H](O)COP(=O)(O)OC[C@@H](COC(=O)CCCCCCCCCCCCCCCCCCC(C)C)OC(=O)CCCCCCCCCCCCCCCCCCCCC(C)CC)OC(=O)CCCCCCCCCCCCCCCCC(C)C. The molecule has 0 saturated carbocycles. The van der Waals surface area contributed by atoms with Crippen LogP contribution in [-0.4, -0.2) is 96.7 Å². The molecule has 0 bridgehead atoms. The zero-order chi connectivity index (χ0) is 75.8. The van der Waals surface area contributed by atoms with Crippen molar-refractivity contribution in [2.45, 2.75) is 458 Å². The number of hydrogen-bond acceptors (Lipinski definition) is 15. The Bertz CT molecular complexity index is 1990. The molecule has 3 N–H and O–H groups in total. The van der Waals surface area contributed by atoms with Gasteiger partial charge in [0.2, 0.25) is 0 Å². The summed E-state index contributed by atoms with van der Waals surface area (Å²) in [5.41, 5.74) is 0. The number of aliphatic hydroxyl groups is 1. The van der Waals surface area contributed by atoms with Crippen molar-refractivity contribution in [3.63, 3.8) is 0 Å². The molecule has 0 aromatic heterocycles. The molecule has 0 aliphatic rings. The fraction of sp³-hybridized carbons (Fsp3) is 0.952. The summed E-state index contributed by atoms with van der Waals surface area (Å²) in [4.78, 5) is 72.8. The Morgan fingerprint density at radius 2 is 0.495 bits per heavy atom. The van der Waals surface area contributed by atoms with E-state index in [9.17, 15) is 43.2 Å². The summed E-state index contributed by atoms with van der Waals surface area (Å²) in [6.45, 7) is 12.0. The zero-order valence-corrected chi connectivity index (χ0v) is 69.6. The minimum atomic E-state index is -4.96. The predicted octanol–water partition coefficient (Wildman–Crippen LogP) is 25.3. The fourth-order valence-electron chi connectivity index (χ4n) is 13.0. The van der Waals surface area contributed by atoms with Gasteiger partial charge in [-0.2, -0.15) is 0 Å². The highest BCUT2D eigenvalue weighted by molar-refractivity contribution is 7.47. The van der Waals surface area contributed by atoms with E-state index in [-0.39, 0.29) is 25.7 Å². The topological polar surface area (TPSA) is 237 Å². The molecule has 3 unspecified atom stereocenters. The van der Waals surface area contributed by atoms with Crippen molar-refractivity contribution in [1.82, 2.24) is 0 Å². The molecule has 17 nitrogen and oxygen atoms in total. The van der Waals surface area contributed by atoms with E-state index in [1.807, 2.05) is 0 Å². The summed E-state index contributed by atoms with van der Waals surface area (Å²) in [7, 11) is -9.91. The number of hydrogen-bond donors (Lipinski definition) is 3. The van der Waals surface area contributed by atoms with Crippen molar-refractivity contribution in [1.29, 1.82) is 0 Å². The van der Waals surface area contributed by atoms with Crippen molar-refractivity contribution in [3.8, 4) is 0 Å². The van der Waals surface area contributed by atoms with Crippen molar-refractivity contribution in [2.24, 2.45) is 17.8 Å². The molecule has 6 atom stereocenters. The number of unbranched alkanes of at least 4 members (excludes halogenated alkanes) is 49. The minimum Gasteiger partial charge on any atom is -0.462 e. The highest BCUT2D eigenvalue weighted by atomic mass is 31.2. The monoisotopic (exact) mass is 1510 g/mol. The first-order valence-electron chi connectivity index (χ1n) is 43.4. The van der Waals surface area contributed by atoms with E-state index in [1.165, 1.54) is 244 Å². The molecule has 0 fully saturated rings. The lowest BCUT2D eigenvalue weighted by Crippen LogP contribution is -2.30. The summed E-state index contributed by atoms with van der Waals surface area (Å²) in [6.07, 6.45) is 64.3. The molecule has 19 heteroatoms. The third-order valence-electron chi connectivity index (χ3n) is 20.0. The van der Waals surface area contributed by atoms with E-state index in [1.54, 1.807) is 0 Å². The molecule has 0 amide bonds. The Hall–Kier alpha value is -1.94. The number of phosphoric acid groups is 2. The van der Waals surface area contributed by atoms with E-state index in [2.05, 4.69) is 48.5 Å². The van der Waals surface area contributed by atoms with Crippen molar-refractivity contribution in [3.05, 3.63) is 0 Å². The summed E-state index contributed by atoms with van der Waals surface area (Å²) >= 11 is 0. The summed E-state index contributed by atoms with van der Waals surface area (Å²) in [5.74, 6) is 0.360. The lowest BCUT2D eigenvalue weighted by atomic mass is 9.99. The highest BCUT2D eigenvalue weighted by Crippen LogP contribution is 2.45. The molecule has 0 aliphatic carbocycles. The van der Waals surface area contributed by atoms with Crippen molar-refractivity contribution < 1.29 is 80.2 Å². The van der Waals surface area contributed by atoms with Gasteiger partial charge in [-0.1, -0.05) is 389 Å². The first-order chi connectivity index (χ1) is 49.8. The van der Waals surface area contributed by atoms with Gasteiger partial charge in [0.1, 0.15) is 19.3 Å². The zero-order valence-electron chi connectivity index (χ0n) is 67.8. The molecule has 0 aromatic rings. The van der Waals surface area contributed by atoms with E-state index >= 15 is 0 Å². The van der Waals surface area contributed by atoms with Crippen LogP contribution in [0.3, 0.4) is 0 Å². The third kappa shape index (κ3) is 76.6. The van der Waals surface area contributed by atoms with Crippen LogP contribution in [0.1, 0.15) is 440 Å². The maximum atomic E-state index is 13.1. The Labute approximate surface area is 632 Å². The number of aliphatic hydroxyl groups excluding tert-OH is 1. The second kappa shape index (κ2) is 74.2. The molecular formula is C84H164O17P2. The second-order valence-electron chi connectivity index (χ2n) is 31.4. The molecule has 0 radical (unpaired) electrons. The van der Waals surface area contributed by atoms with Gasteiger partial charge in [0.15, 0.2) is 12.2 Å². The predicted molar refractivity (Wildman–Crippen MR) is 423 cm³/mol. The Balaban J connectivity index is 5.11. The van der Waals surface area contributed by atoms with Crippen LogP contribution < -0.4 is 0 Å². The van der Waals surface area contributed by atoms with Crippen LogP contribution in [0.4, 0.5) is 0 Å². The van der Waals surface area contributed by atoms with Crippen LogP contribution in [0.15, 0.2) is 0 Å². The molecule has 103 heavy (non-hydrogen) atoms. The Morgan fingerprint density at radius 1 is 0.282 bits per heavy atom. The van der Waals surface area contributed by atoms with E-state index in [4.69, 9.17) is 37.0 Å². The number of rotatable bonds is 82. The minimum absolute atomic E-state index is 0.107. The van der Waals surface area contributed by atoms with Gasteiger partial charge < -0.3 is 33.8 Å². The molecular weight excluding hydrogens is 1340 g/mol. The van der Waals surface area contributed by atoms with Gasteiger partial charge in [-0.15, -0.1) is 0 Å². The van der Waals surface area contributed by atoms with Gasteiger partial charge in [-0.3, -0.25) is 37.3 Å². The Kier molecular flexibility index (Phi) is 72.8. The fourth-order valence-corrected chi connectivity index (χ4v) is 14.6. The van der Waals surface area contributed by atoms with E-state index in [0.717, 1.165) is 114 Å². The molecule has 0 aliphatic heterocycles. The number of esters is 4. The standard InChI is InChI=1S/C84H164O17P2/c1-8-10-11-48-58-65-81(86)94-71-79(100-83(88)67-60-54-47-41-35-29-23-22-25-31-37-43-50-56-63-76(5)6)73-98-102(90,91)96-69-78(85)70-97-103(92,93)99-74-80(72-95-82(87)66-59-52-45-39-33-27-20-17-16-18-24-30-36-42-49-55-62-75(3)4)101-84(89)68-61-53-46-40-34-28-21-15-13-12-14-19-26-32-38-44-51-57-64-77(7)9-2/h75-80,85H,8-74H2,1-7H3,(H,90,91)(H,92,93)/t77?,78-,79+,80+/m0/s1. The normalized spacial score (nSPS) is 14.2. The molecule has 0 heterocycles. The number of carbonyl (C=O) groups excluding carboxylic acids is 4. The van der Waals surface area contributed by atoms with Gasteiger partial charge in [-0.25, -0.2) is 9.13 Å². The molecule has 0 rings (SSSR count). The van der Waals surface area contributed by atoms with Gasteiger partial charge in [0.05, 0.1) is 26.4 Å². The maximum absolute atomic E-state index is 13.1. The van der Waals surface area contributed by atoms with Crippen LogP contribution in [0.25, 0.3) is 0 Å². The average Bonchev–Trinajstić information content (AvgIpc) is 0.937.